The van der Waals surface area contributed by atoms with Crippen LogP contribution in [0.4, 0.5) is 5.69 Å². The van der Waals surface area contributed by atoms with Crippen LogP contribution in [0, 0.1) is 0 Å². The van der Waals surface area contributed by atoms with Gasteiger partial charge in [0, 0.05) is 36.2 Å². The first-order valence-electron chi connectivity index (χ1n) is 9.54. The van der Waals surface area contributed by atoms with E-state index in [-0.39, 0.29) is 18.1 Å². The number of hydrogen-bond donors (Lipinski definition) is 2. The molecule has 2 atom stereocenters. The summed E-state index contributed by atoms with van der Waals surface area (Å²) < 4.78 is 5.82. The third-order valence-corrected chi connectivity index (χ3v) is 5.42. The highest BCUT2D eigenvalue weighted by Crippen LogP contribution is 2.28. The summed E-state index contributed by atoms with van der Waals surface area (Å²) in [5.74, 6) is -0.239. The molecule has 5 nitrogen and oxygen atoms in total. The first kappa shape index (κ1) is 19.0. The van der Waals surface area contributed by atoms with Crippen molar-refractivity contribution in [3.8, 4) is 0 Å². The summed E-state index contributed by atoms with van der Waals surface area (Å²) in [7, 11) is 0. The molecule has 0 radical (unpaired) electrons. The molecule has 1 aromatic heterocycles. The highest BCUT2D eigenvalue weighted by molar-refractivity contribution is 6.39. The molecule has 0 bridgehead atoms. The van der Waals surface area contributed by atoms with Crippen LogP contribution in [0.25, 0.3) is 10.9 Å². The Morgan fingerprint density at radius 1 is 1.14 bits per heavy atom. The van der Waals surface area contributed by atoms with Crippen LogP contribution >= 0.6 is 11.6 Å². The Hall–Kier alpha value is -2.34. The first-order chi connectivity index (χ1) is 13.5. The van der Waals surface area contributed by atoms with Crippen LogP contribution in [0.3, 0.4) is 0 Å². The Kier molecular flexibility index (Phi) is 5.40. The Morgan fingerprint density at radius 2 is 1.82 bits per heavy atom. The summed E-state index contributed by atoms with van der Waals surface area (Å²) in [5.41, 5.74) is 3.10. The second-order valence-corrected chi connectivity index (χ2v) is 7.80. The standard InChI is InChI=1S/C22H24ClN3O2/c1-14-11-26(12-15(2)28-14)13-16-7-3-5-9-18(16)25-22(27)21-20(23)17-8-4-6-10-19(17)24-21/h3-10,14-15,24H,11-13H2,1-2H3,(H,25,27). The van der Waals surface area contributed by atoms with E-state index in [2.05, 4.69) is 29.0 Å². The number of amides is 1. The van der Waals surface area contributed by atoms with Gasteiger partial charge in [-0.05, 0) is 31.5 Å². The molecule has 2 aromatic carbocycles. The maximum atomic E-state index is 12.9. The van der Waals surface area contributed by atoms with Crippen molar-refractivity contribution >= 4 is 34.1 Å². The number of H-pyrrole nitrogens is 1. The predicted octanol–water partition coefficient (Wildman–Crippen LogP) is 4.68. The maximum absolute atomic E-state index is 12.9. The monoisotopic (exact) mass is 397 g/mol. The molecule has 1 amide bonds. The largest absolute Gasteiger partial charge is 0.373 e. The molecule has 146 valence electrons. The fourth-order valence-corrected chi connectivity index (χ4v) is 4.18. The van der Waals surface area contributed by atoms with Gasteiger partial charge in [-0.1, -0.05) is 48.0 Å². The van der Waals surface area contributed by atoms with Crippen molar-refractivity contribution in [3.63, 3.8) is 0 Å². The molecule has 2 unspecified atom stereocenters. The summed E-state index contributed by atoms with van der Waals surface area (Å²) in [4.78, 5) is 18.4. The molecule has 1 saturated heterocycles. The number of morpholine rings is 1. The molecule has 2 N–H and O–H groups in total. The van der Waals surface area contributed by atoms with Gasteiger partial charge in [-0.15, -0.1) is 0 Å². The number of fused-ring (bicyclic) bond motifs is 1. The number of halogens is 1. The molecule has 1 aliphatic heterocycles. The highest BCUT2D eigenvalue weighted by atomic mass is 35.5. The Bertz CT molecular complexity index is 990. The lowest BCUT2D eigenvalue weighted by Crippen LogP contribution is -2.44. The number of anilines is 1. The van der Waals surface area contributed by atoms with E-state index < -0.39 is 0 Å². The molecule has 4 rings (SSSR count). The topological polar surface area (TPSA) is 57.4 Å². The number of carbonyl (C=O) groups is 1. The zero-order chi connectivity index (χ0) is 19.7. The summed E-state index contributed by atoms with van der Waals surface area (Å²) in [6.45, 7) is 6.69. The quantitative estimate of drug-likeness (QED) is 0.671. The molecule has 0 aliphatic carbocycles. The van der Waals surface area contributed by atoms with Gasteiger partial charge in [0.2, 0.25) is 0 Å². The van der Waals surface area contributed by atoms with Crippen LogP contribution in [0.1, 0.15) is 29.9 Å². The number of benzene rings is 2. The second-order valence-electron chi connectivity index (χ2n) is 7.42. The SMILES string of the molecule is CC1CN(Cc2ccccc2NC(=O)c2[nH]c3ccccc3c2Cl)CC(C)O1. The van der Waals surface area contributed by atoms with Gasteiger partial charge in [0.05, 0.1) is 17.2 Å². The fraction of sp³-hybridized carbons (Fsp3) is 0.318. The Labute approximate surface area is 169 Å². The number of aromatic amines is 1. The first-order valence-corrected chi connectivity index (χ1v) is 9.92. The molecule has 1 fully saturated rings. The van der Waals surface area contributed by atoms with Crippen molar-refractivity contribution in [2.24, 2.45) is 0 Å². The van der Waals surface area contributed by atoms with E-state index in [9.17, 15) is 4.79 Å². The van der Waals surface area contributed by atoms with E-state index in [1.54, 1.807) is 0 Å². The molecular formula is C22H24ClN3O2. The smallest absolute Gasteiger partial charge is 0.273 e. The van der Waals surface area contributed by atoms with E-state index in [1.165, 1.54) is 0 Å². The van der Waals surface area contributed by atoms with E-state index in [0.29, 0.717) is 10.7 Å². The predicted molar refractivity (Wildman–Crippen MR) is 113 cm³/mol. The number of hydrogen-bond acceptors (Lipinski definition) is 3. The van der Waals surface area contributed by atoms with E-state index >= 15 is 0 Å². The average Bonchev–Trinajstić information content (AvgIpc) is 3.00. The van der Waals surface area contributed by atoms with Crippen molar-refractivity contribution in [1.82, 2.24) is 9.88 Å². The minimum Gasteiger partial charge on any atom is -0.373 e. The Morgan fingerprint density at radius 3 is 2.57 bits per heavy atom. The summed E-state index contributed by atoms with van der Waals surface area (Å²) >= 11 is 6.43. The van der Waals surface area contributed by atoms with E-state index in [4.69, 9.17) is 16.3 Å². The van der Waals surface area contributed by atoms with Crippen molar-refractivity contribution in [3.05, 3.63) is 64.8 Å². The summed E-state index contributed by atoms with van der Waals surface area (Å²) in [5, 5.41) is 4.32. The number of nitrogens with one attached hydrogen (secondary N) is 2. The van der Waals surface area contributed by atoms with Crippen molar-refractivity contribution in [2.45, 2.75) is 32.6 Å². The maximum Gasteiger partial charge on any atom is 0.273 e. The molecule has 2 heterocycles. The van der Waals surface area contributed by atoms with Crippen molar-refractivity contribution in [1.29, 1.82) is 0 Å². The van der Waals surface area contributed by atoms with Gasteiger partial charge in [-0.25, -0.2) is 0 Å². The fourth-order valence-electron chi connectivity index (χ4n) is 3.88. The minimum atomic E-state index is -0.239. The zero-order valence-corrected chi connectivity index (χ0v) is 16.8. The zero-order valence-electron chi connectivity index (χ0n) is 16.0. The van der Waals surface area contributed by atoms with Crippen LogP contribution in [-0.2, 0) is 11.3 Å². The molecule has 28 heavy (non-hydrogen) atoms. The van der Waals surface area contributed by atoms with Gasteiger partial charge in [-0.2, -0.15) is 0 Å². The third kappa shape index (κ3) is 3.92. The number of aromatic nitrogens is 1. The number of nitrogens with zero attached hydrogens (tertiary/aromatic N) is 1. The lowest BCUT2D eigenvalue weighted by Gasteiger charge is -2.35. The van der Waals surface area contributed by atoms with Crippen LogP contribution in [0.15, 0.2) is 48.5 Å². The number of ether oxygens (including phenoxy) is 1. The molecule has 3 aromatic rings. The number of carbonyl (C=O) groups excluding carboxylic acids is 1. The van der Waals surface area contributed by atoms with E-state index in [0.717, 1.165) is 41.8 Å². The molecule has 0 spiro atoms. The van der Waals surface area contributed by atoms with Crippen LogP contribution < -0.4 is 5.32 Å². The normalized spacial score (nSPS) is 20.4. The third-order valence-electron chi connectivity index (χ3n) is 5.02. The second kappa shape index (κ2) is 7.95. The molecule has 6 heteroatoms. The molecular weight excluding hydrogens is 374 g/mol. The average molecular weight is 398 g/mol. The van der Waals surface area contributed by atoms with Gasteiger partial charge in [0.25, 0.3) is 5.91 Å². The van der Waals surface area contributed by atoms with Crippen molar-refractivity contribution in [2.75, 3.05) is 18.4 Å². The lowest BCUT2D eigenvalue weighted by atomic mass is 10.1. The minimum absolute atomic E-state index is 0.204. The summed E-state index contributed by atoms with van der Waals surface area (Å²) in [6, 6.07) is 15.5. The van der Waals surface area contributed by atoms with Gasteiger partial charge < -0.3 is 15.0 Å². The molecule has 1 aliphatic rings. The van der Waals surface area contributed by atoms with E-state index in [1.807, 2.05) is 48.5 Å². The van der Waals surface area contributed by atoms with Gasteiger partial charge in [0.1, 0.15) is 5.69 Å². The van der Waals surface area contributed by atoms with Crippen LogP contribution in [0.2, 0.25) is 5.02 Å². The lowest BCUT2D eigenvalue weighted by molar-refractivity contribution is -0.0704. The van der Waals surface area contributed by atoms with Crippen molar-refractivity contribution < 1.29 is 9.53 Å². The number of rotatable bonds is 4. The van der Waals surface area contributed by atoms with Gasteiger partial charge in [-0.3, -0.25) is 9.69 Å². The number of para-hydroxylation sites is 2. The van der Waals surface area contributed by atoms with Gasteiger partial charge in [0.15, 0.2) is 0 Å². The van der Waals surface area contributed by atoms with Gasteiger partial charge >= 0.3 is 0 Å². The van der Waals surface area contributed by atoms with Crippen LogP contribution in [0.5, 0.6) is 0 Å². The highest BCUT2D eigenvalue weighted by Gasteiger charge is 2.23. The summed E-state index contributed by atoms with van der Waals surface area (Å²) in [6.07, 6.45) is 0.409. The Balaban J connectivity index is 1.55. The molecule has 0 saturated carbocycles. The van der Waals surface area contributed by atoms with Crippen LogP contribution in [-0.4, -0.2) is 41.1 Å².